The van der Waals surface area contributed by atoms with E-state index in [4.69, 9.17) is 18.9 Å². The minimum absolute atomic E-state index is 0.251. The summed E-state index contributed by atoms with van der Waals surface area (Å²) in [5, 5.41) is 87.3. The van der Waals surface area contributed by atoms with Gasteiger partial charge in [-0.2, -0.15) is 0 Å². The number of hydrogen-bond acceptors (Lipinski definition) is 13. The molecule has 0 aliphatic carbocycles. The van der Waals surface area contributed by atoms with Gasteiger partial charge in [-0.15, -0.1) is 0 Å². The molecule has 9 N–H and O–H groups in total. The van der Waals surface area contributed by atoms with E-state index >= 15 is 0 Å². The van der Waals surface area contributed by atoms with Crippen molar-refractivity contribution in [3.8, 4) is 0 Å². The molecule has 490 valence electrons. The lowest BCUT2D eigenvalue weighted by molar-refractivity contribution is -0.359. The molecule has 2 rings (SSSR count). The van der Waals surface area contributed by atoms with Gasteiger partial charge in [0.05, 0.1) is 32.0 Å². The highest BCUT2D eigenvalue weighted by Crippen LogP contribution is 2.30. The summed E-state index contributed by atoms with van der Waals surface area (Å²) in [5.41, 5.74) is 0. The lowest BCUT2D eigenvalue weighted by Gasteiger charge is -2.46. The van der Waals surface area contributed by atoms with Crippen LogP contribution in [0.5, 0.6) is 0 Å². The summed E-state index contributed by atoms with van der Waals surface area (Å²) in [6, 6.07) is -0.953. The smallest absolute Gasteiger partial charge is 0.220 e. The van der Waals surface area contributed by atoms with E-state index < -0.39 is 86.8 Å². The van der Waals surface area contributed by atoms with Gasteiger partial charge < -0.3 is 65.1 Å². The molecule has 0 radical (unpaired) electrons. The molecule has 2 aliphatic heterocycles. The Labute approximate surface area is 520 Å². The molecule has 86 heavy (non-hydrogen) atoms. The third kappa shape index (κ3) is 39.2. The van der Waals surface area contributed by atoms with Crippen molar-refractivity contribution in [3.05, 3.63) is 134 Å². The van der Waals surface area contributed by atoms with Crippen LogP contribution in [0.25, 0.3) is 0 Å². The van der Waals surface area contributed by atoms with E-state index in [1.807, 2.05) is 6.08 Å². The minimum Gasteiger partial charge on any atom is -0.394 e. The summed E-state index contributed by atoms with van der Waals surface area (Å²) < 4.78 is 22.8. The van der Waals surface area contributed by atoms with Crippen LogP contribution in [0, 0.1) is 0 Å². The number of amides is 1. The molecule has 14 nitrogen and oxygen atoms in total. The molecule has 2 saturated heterocycles. The van der Waals surface area contributed by atoms with E-state index in [0.29, 0.717) is 12.8 Å². The molecule has 2 heterocycles. The number of aliphatic hydroxyl groups excluding tert-OH is 8. The predicted molar refractivity (Wildman–Crippen MR) is 350 cm³/mol. The van der Waals surface area contributed by atoms with Crippen molar-refractivity contribution in [2.24, 2.45) is 0 Å². The summed E-state index contributed by atoms with van der Waals surface area (Å²) >= 11 is 0. The van der Waals surface area contributed by atoms with Crippen molar-refractivity contribution in [3.63, 3.8) is 0 Å². The maximum Gasteiger partial charge on any atom is 0.220 e. The van der Waals surface area contributed by atoms with E-state index in [2.05, 4.69) is 141 Å². The van der Waals surface area contributed by atoms with Crippen LogP contribution >= 0.6 is 0 Å². The molecule has 2 fully saturated rings. The third-order valence-electron chi connectivity index (χ3n) is 15.3. The highest BCUT2D eigenvalue weighted by Gasteiger charge is 2.51. The molecule has 12 unspecified atom stereocenters. The summed E-state index contributed by atoms with van der Waals surface area (Å²) in [6.07, 6.45) is 64.9. The lowest BCUT2D eigenvalue weighted by Crippen LogP contribution is -2.65. The van der Waals surface area contributed by atoms with Crippen LogP contribution in [0.2, 0.25) is 0 Å². The quantitative estimate of drug-likeness (QED) is 0.0204. The lowest BCUT2D eigenvalue weighted by atomic mass is 9.97. The second-order valence-corrected chi connectivity index (χ2v) is 22.8. The molecule has 0 bridgehead atoms. The number of carbonyl (C=O) groups excluding carboxylic acids is 1. The standard InChI is InChI=1S/C72H119NO13/c1-3-5-7-9-11-13-15-17-19-21-23-24-25-26-27-28-29-30-31-32-33-34-35-36-38-40-42-44-46-48-50-52-54-56-64(77)73-60(61(76)55-53-51-49-47-45-43-41-39-37-22-20-18-16-14-12-10-8-6-4-2)59-83-71-69(82)67(80)70(63(58-75)85-71)86-72-68(81)66(79)65(78)62(57-74)84-72/h5,7,11,13,17,19,23-24,26-27,29-30,32-33,35-37,39,45,47,53,55,60-63,65-72,74-76,78-82H,3-4,6,8-10,12,14-16,18,20-22,25,28,31,34,38,40-44,46,48-52,54,56-59H2,1-2H3,(H,73,77)/b7-5-,13-11-,19-17-,24-23-,27-26-,30-29-,33-32-,36-35-,39-37+,47-45+,55-53+. The Morgan fingerprint density at radius 3 is 1.28 bits per heavy atom. The Morgan fingerprint density at radius 1 is 0.430 bits per heavy atom. The van der Waals surface area contributed by atoms with Crippen molar-refractivity contribution < 1.29 is 64.6 Å². The van der Waals surface area contributed by atoms with Gasteiger partial charge in [-0.1, -0.05) is 237 Å². The maximum atomic E-state index is 13.3. The van der Waals surface area contributed by atoms with Gasteiger partial charge in [-0.25, -0.2) is 0 Å². The van der Waals surface area contributed by atoms with Crippen LogP contribution in [0.1, 0.15) is 219 Å². The number of allylic oxidation sites excluding steroid dienone is 21. The van der Waals surface area contributed by atoms with Crippen LogP contribution in [0.15, 0.2) is 134 Å². The highest BCUT2D eigenvalue weighted by atomic mass is 16.7. The molecule has 0 saturated carbocycles. The average Bonchev–Trinajstić information content (AvgIpc) is 2.63. The first-order chi connectivity index (χ1) is 42.1. The third-order valence-corrected chi connectivity index (χ3v) is 15.3. The number of nitrogens with one attached hydrogen (secondary N) is 1. The van der Waals surface area contributed by atoms with Crippen molar-refractivity contribution in [1.29, 1.82) is 0 Å². The second-order valence-electron chi connectivity index (χ2n) is 22.8. The van der Waals surface area contributed by atoms with Crippen molar-refractivity contribution >= 4 is 5.91 Å². The summed E-state index contributed by atoms with van der Waals surface area (Å²) in [5.74, 6) is -0.268. The fourth-order valence-electron chi connectivity index (χ4n) is 9.99. The summed E-state index contributed by atoms with van der Waals surface area (Å²) in [4.78, 5) is 13.3. The molecule has 2 aliphatic rings. The highest BCUT2D eigenvalue weighted by molar-refractivity contribution is 5.76. The van der Waals surface area contributed by atoms with Gasteiger partial charge in [-0.05, 0) is 109 Å². The Hall–Kier alpha value is -3.87. The SMILES string of the molecule is CC/C=C\C/C=C\C/C=C\C/C=C\C/C=C\C/C=C\C/C=C\C/C=C\CCCCCCCCCCC(=O)NC(COC1OC(CO)C(OC2OC(CO)C(O)C(O)C2O)C(O)C1O)C(O)/C=C/CC/C=C/CC/C=C/CCCCCCCCCCC. The zero-order chi connectivity index (χ0) is 62.3. The van der Waals surface area contributed by atoms with Crippen LogP contribution in [-0.2, 0) is 23.7 Å². The van der Waals surface area contributed by atoms with Gasteiger partial charge in [0, 0.05) is 6.42 Å². The number of ether oxygens (including phenoxy) is 4. The zero-order valence-electron chi connectivity index (χ0n) is 53.0. The van der Waals surface area contributed by atoms with E-state index in [1.165, 1.54) is 77.0 Å². The number of hydrogen-bond donors (Lipinski definition) is 9. The zero-order valence-corrected chi connectivity index (χ0v) is 53.0. The first kappa shape index (κ1) is 78.2. The molecule has 0 aromatic heterocycles. The summed E-state index contributed by atoms with van der Waals surface area (Å²) in [7, 11) is 0. The van der Waals surface area contributed by atoms with Crippen LogP contribution < -0.4 is 5.32 Å². The number of carbonyl (C=O) groups is 1. The van der Waals surface area contributed by atoms with Crippen molar-refractivity contribution in [2.45, 2.75) is 293 Å². The largest absolute Gasteiger partial charge is 0.394 e. The molecule has 0 aromatic carbocycles. The first-order valence-corrected chi connectivity index (χ1v) is 33.4. The molecule has 12 atom stereocenters. The predicted octanol–water partition coefficient (Wildman–Crippen LogP) is 13.1. The van der Waals surface area contributed by atoms with Gasteiger partial charge in [-0.3, -0.25) is 4.79 Å². The number of aliphatic hydroxyl groups is 8. The molecule has 0 aromatic rings. The van der Waals surface area contributed by atoms with E-state index in [0.717, 1.165) is 109 Å². The average molecular weight is 1210 g/mol. The monoisotopic (exact) mass is 1210 g/mol. The molecule has 14 heteroatoms. The first-order valence-electron chi connectivity index (χ1n) is 33.4. The molecular formula is C72H119NO13. The second kappa shape index (κ2) is 55.2. The summed E-state index contributed by atoms with van der Waals surface area (Å²) in [6.45, 7) is 2.64. The Morgan fingerprint density at radius 2 is 0.814 bits per heavy atom. The van der Waals surface area contributed by atoms with Gasteiger partial charge in [0.25, 0.3) is 0 Å². The van der Waals surface area contributed by atoms with Crippen molar-refractivity contribution in [1.82, 2.24) is 5.32 Å². The maximum absolute atomic E-state index is 13.3. The topological polar surface area (TPSA) is 228 Å². The molecular weight excluding hydrogens is 1090 g/mol. The normalized spacial score (nSPS) is 24.3. The van der Waals surface area contributed by atoms with E-state index in [1.54, 1.807) is 6.08 Å². The molecule has 1 amide bonds. The number of unbranched alkanes of at least 4 members (excludes halogenated alkanes) is 19. The van der Waals surface area contributed by atoms with E-state index in [-0.39, 0.29) is 18.9 Å². The van der Waals surface area contributed by atoms with Gasteiger partial charge in [0.2, 0.25) is 5.91 Å². The Kier molecular flexibility index (Phi) is 50.2. The minimum atomic E-state index is -1.80. The number of rotatable bonds is 52. The van der Waals surface area contributed by atoms with Gasteiger partial charge in [0.1, 0.15) is 48.8 Å². The van der Waals surface area contributed by atoms with Gasteiger partial charge >= 0.3 is 0 Å². The van der Waals surface area contributed by atoms with Crippen LogP contribution in [0.3, 0.4) is 0 Å². The fourth-order valence-corrected chi connectivity index (χ4v) is 9.99. The van der Waals surface area contributed by atoms with Crippen LogP contribution in [0.4, 0.5) is 0 Å². The Balaban J connectivity index is 1.72. The molecule has 0 spiro atoms. The van der Waals surface area contributed by atoms with Crippen LogP contribution in [-0.4, -0.2) is 140 Å². The van der Waals surface area contributed by atoms with Crippen molar-refractivity contribution in [2.75, 3.05) is 19.8 Å². The Bertz CT molecular complexity index is 1950. The fraction of sp³-hybridized carbons (Fsp3) is 0.681. The van der Waals surface area contributed by atoms with Gasteiger partial charge in [0.15, 0.2) is 12.6 Å². The van der Waals surface area contributed by atoms with E-state index in [9.17, 15) is 45.6 Å².